The standard InChI is InChI=1S/C25H29Cl2N3O/c1-29(21-5-3-2-4-6-21)14-12-28-25(31)17-30-13-11-18-7-8-20(16-24(18)30)19-9-10-22(26)23(27)15-19/h7-11,13,15-16,21H,2-6,12,14,17H2,1H3,(H,28,31). The molecule has 31 heavy (non-hydrogen) atoms. The fourth-order valence-electron chi connectivity index (χ4n) is 4.46. The van der Waals surface area contributed by atoms with Crippen LogP contribution in [0, 0.1) is 0 Å². The van der Waals surface area contributed by atoms with Crippen LogP contribution in [0.25, 0.3) is 22.0 Å². The van der Waals surface area contributed by atoms with Gasteiger partial charge in [-0.1, -0.05) is 60.7 Å². The van der Waals surface area contributed by atoms with E-state index in [-0.39, 0.29) is 5.91 Å². The molecule has 1 saturated carbocycles. The van der Waals surface area contributed by atoms with Gasteiger partial charge < -0.3 is 14.8 Å². The highest BCUT2D eigenvalue weighted by molar-refractivity contribution is 6.42. The maximum atomic E-state index is 12.6. The average Bonchev–Trinajstić information content (AvgIpc) is 3.18. The quantitative estimate of drug-likeness (QED) is 0.472. The van der Waals surface area contributed by atoms with Crippen LogP contribution in [-0.2, 0) is 11.3 Å². The smallest absolute Gasteiger partial charge is 0.239 e. The van der Waals surface area contributed by atoms with Crippen LogP contribution in [0.3, 0.4) is 0 Å². The lowest BCUT2D eigenvalue weighted by molar-refractivity contribution is -0.121. The third-order valence-electron chi connectivity index (χ3n) is 6.33. The first-order valence-electron chi connectivity index (χ1n) is 11.0. The molecule has 1 fully saturated rings. The molecular formula is C25H29Cl2N3O. The molecule has 1 N–H and O–H groups in total. The van der Waals surface area contributed by atoms with Crippen LogP contribution in [0.5, 0.6) is 0 Å². The van der Waals surface area contributed by atoms with Crippen molar-refractivity contribution in [2.45, 2.75) is 44.7 Å². The van der Waals surface area contributed by atoms with Crippen molar-refractivity contribution in [2.75, 3.05) is 20.1 Å². The minimum atomic E-state index is 0.0366. The van der Waals surface area contributed by atoms with Gasteiger partial charge in [0.2, 0.25) is 5.91 Å². The van der Waals surface area contributed by atoms with E-state index in [9.17, 15) is 4.79 Å². The SMILES string of the molecule is CN(CCNC(=O)Cn1ccc2ccc(-c3ccc(Cl)c(Cl)c3)cc21)C1CCCCC1. The first-order chi connectivity index (χ1) is 15.0. The molecule has 164 valence electrons. The summed E-state index contributed by atoms with van der Waals surface area (Å²) in [6.45, 7) is 1.88. The van der Waals surface area contributed by atoms with Gasteiger partial charge in [0.25, 0.3) is 0 Å². The Labute approximate surface area is 194 Å². The van der Waals surface area contributed by atoms with E-state index in [0.29, 0.717) is 29.2 Å². The fourth-order valence-corrected chi connectivity index (χ4v) is 4.76. The molecular weight excluding hydrogens is 429 g/mol. The second-order valence-electron chi connectivity index (χ2n) is 8.47. The molecule has 3 aromatic rings. The average molecular weight is 458 g/mol. The molecule has 6 heteroatoms. The van der Waals surface area contributed by atoms with Crippen molar-refractivity contribution in [2.24, 2.45) is 0 Å². The van der Waals surface area contributed by atoms with Gasteiger partial charge in [-0.2, -0.15) is 0 Å². The number of likely N-dealkylation sites (N-methyl/N-ethyl adjacent to an activating group) is 1. The van der Waals surface area contributed by atoms with E-state index in [1.807, 2.05) is 29.0 Å². The Hall–Kier alpha value is -2.01. The lowest BCUT2D eigenvalue weighted by Gasteiger charge is -2.31. The lowest BCUT2D eigenvalue weighted by atomic mass is 9.94. The third kappa shape index (κ3) is 5.43. The molecule has 0 radical (unpaired) electrons. The molecule has 1 aliphatic carbocycles. The molecule has 0 unspecified atom stereocenters. The first-order valence-corrected chi connectivity index (χ1v) is 11.8. The highest BCUT2D eigenvalue weighted by atomic mass is 35.5. The zero-order chi connectivity index (χ0) is 21.8. The van der Waals surface area contributed by atoms with E-state index in [1.54, 1.807) is 6.07 Å². The van der Waals surface area contributed by atoms with Gasteiger partial charge >= 0.3 is 0 Å². The van der Waals surface area contributed by atoms with E-state index in [0.717, 1.165) is 28.6 Å². The Kier molecular flexibility index (Phi) is 7.21. The Morgan fingerprint density at radius 3 is 2.55 bits per heavy atom. The van der Waals surface area contributed by atoms with Gasteiger partial charge in [0.05, 0.1) is 10.0 Å². The summed E-state index contributed by atoms with van der Waals surface area (Å²) in [7, 11) is 2.17. The Balaban J connectivity index is 1.38. The maximum absolute atomic E-state index is 12.6. The Bertz CT molecular complexity index is 1060. The minimum Gasteiger partial charge on any atom is -0.353 e. The molecule has 0 saturated heterocycles. The van der Waals surface area contributed by atoms with Gasteiger partial charge in [-0.15, -0.1) is 0 Å². The van der Waals surface area contributed by atoms with Crippen molar-refractivity contribution in [1.82, 2.24) is 14.8 Å². The zero-order valence-corrected chi connectivity index (χ0v) is 19.4. The summed E-state index contributed by atoms with van der Waals surface area (Å²) in [6, 6.07) is 14.6. The Morgan fingerprint density at radius 1 is 1.03 bits per heavy atom. The number of nitrogens with one attached hydrogen (secondary N) is 1. The monoisotopic (exact) mass is 457 g/mol. The molecule has 1 aromatic heterocycles. The summed E-state index contributed by atoms with van der Waals surface area (Å²) in [4.78, 5) is 15.0. The molecule has 1 aliphatic rings. The van der Waals surface area contributed by atoms with E-state index in [1.165, 1.54) is 32.1 Å². The van der Waals surface area contributed by atoms with Crippen LogP contribution in [0.2, 0.25) is 10.0 Å². The van der Waals surface area contributed by atoms with Gasteiger partial charge in [-0.05, 0) is 60.7 Å². The predicted molar refractivity (Wildman–Crippen MR) is 130 cm³/mol. The van der Waals surface area contributed by atoms with Crippen molar-refractivity contribution in [1.29, 1.82) is 0 Å². The minimum absolute atomic E-state index is 0.0366. The van der Waals surface area contributed by atoms with Crippen LogP contribution >= 0.6 is 23.2 Å². The highest BCUT2D eigenvalue weighted by Gasteiger charge is 2.17. The number of carbonyl (C=O) groups is 1. The number of halogens is 2. The number of benzene rings is 2. The first kappa shape index (κ1) is 22.2. The van der Waals surface area contributed by atoms with Crippen molar-refractivity contribution < 1.29 is 4.79 Å². The number of hydrogen-bond acceptors (Lipinski definition) is 2. The van der Waals surface area contributed by atoms with Crippen molar-refractivity contribution in [3.8, 4) is 11.1 Å². The van der Waals surface area contributed by atoms with Crippen LogP contribution in [-0.4, -0.2) is 41.6 Å². The topological polar surface area (TPSA) is 37.3 Å². The fraction of sp³-hybridized carbons (Fsp3) is 0.400. The number of amides is 1. The van der Waals surface area contributed by atoms with Crippen LogP contribution in [0.1, 0.15) is 32.1 Å². The molecule has 0 atom stereocenters. The van der Waals surface area contributed by atoms with E-state index in [2.05, 4.69) is 35.5 Å². The molecule has 2 aromatic carbocycles. The van der Waals surface area contributed by atoms with Crippen LogP contribution in [0.15, 0.2) is 48.7 Å². The normalized spacial score (nSPS) is 15.0. The summed E-state index contributed by atoms with van der Waals surface area (Å²) in [5.41, 5.74) is 3.07. The zero-order valence-electron chi connectivity index (χ0n) is 17.9. The Morgan fingerprint density at radius 2 is 1.77 bits per heavy atom. The second kappa shape index (κ2) is 10.1. The van der Waals surface area contributed by atoms with Gasteiger partial charge in [0.15, 0.2) is 0 Å². The van der Waals surface area contributed by atoms with E-state index < -0.39 is 0 Å². The molecule has 4 nitrogen and oxygen atoms in total. The van der Waals surface area contributed by atoms with Crippen molar-refractivity contribution in [3.63, 3.8) is 0 Å². The summed E-state index contributed by atoms with van der Waals surface area (Å²) >= 11 is 12.2. The number of hydrogen-bond donors (Lipinski definition) is 1. The molecule has 4 rings (SSSR count). The number of fused-ring (bicyclic) bond motifs is 1. The van der Waals surface area contributed by atoms with E-state index in [4.69, 9.17) is 23.2 Å². The van der Waals surface area contributed by atoms with Crippen molar-refractivity contribution >= 4 is 40.0 Å². The van der Waals surface area contributed by atoms with E-state index >= 15 is 0 Å². The van der Waals surface area contributed by atoms with Gasteiger partial charge in [-0.25, -0.2) is 0 Å². The number of aromatic nitrogens is 1. The summed E-state index contributed by atoms with van der Waals surface area (Å²) < 4.78 is 2.00. The molecule has 0 spiro atoms. The summed E-state index contributed by atoms with van der Waals surface area (Å²) in [5.74, 6) is 0.0366. The van der Waals surface area contributed by atoms with Gasteiger partial charge in [-0.3, -0.25) is 4.79 Å². The summed E-state index contributed by atoms with van der Waals surface area (Å²) in [5, 5.41) is 5.26. The largest absolute Gasteiger partial charge is 0.353 e. The second-order valence-corrected chi connectivity index (χ2v) is 9.28. The number of carbonyl (C=O) groups excluding carboxylic acids is 1. The van der Waals surface area contributed by atoms with Crippen molar-refractivity contribution in [3.05, 3.63) is 58.7 Å². The van der Waals surface area contributed by atoms with Crippen LogP contribution in [0.4, 0.5) is 0 Å². The lowest BCUT2D eigenvalue weighted by Crippen LogP contribution is -2.40. The summed E-state index contributed by atoms with van der Waals surface area (Å²) in [6.07, 6.45) is 8.54. The van der Waals surface area contributed by atoms with Gasteiger partial charge in [0.1, 0.15) is 6.54 Å². The molecule has 0 aliphatic heterocycles. The molecule has 0 bridgehead atoms. The maximum Gasteiger partial charge on any atom is 0.239 e. The number of nitrogens with zero attached hydrogens (tertiary/aromatic N) is 2. The molecule has 1 heterocycles. The predicted octanol–water partition coefficient (Wildman–Crippen LogP) is 6.00. The van der Waals surface area contributed by atoms with Crippen LogP contribution < -0.4 is 5.32 Å². The van der Waals surface area contributed by atoms with Gasteiger partial charge in [0, 0.05) is 30.8 Å². The third-order valence-corrected chi connectivity index (χ3v) is 7.06. The highest BCUT2D eigenvalue weighted by Crippen LogP contribution is 2.30. The molecule has 1 amide bonds. The number of rotatable bonds is 7.